The van der Waals surface area contributed by atoms with Crippen LogP contribution in [0, 0.1) is 0 Å². The number of rotatable bonds is 9. The summed E-state index contributed by atoms with van der Waals surface area (Å²) in [6.07, 6.45) is -4.76. The van der Waals surface area contributed by atoms with E-state index in [1.807, 2.05) is 29.2 Å². The van der Waals surface area contributed by atoms with Crippen LogP contribution < -0.4 is 10.1 Å². The molecule has 7 nitrogen and oxygen atoms in total. The Morgan fingerprint density at radius 3 is 2.09 bits per heavy atom. The number of nitrogens with zero attached hydrogens (tertiary/aromatic N) is 3. The summed E-state index contributed by atoms with van der Waals surface area (Å²) in [5.74, 6) is -0.655. The third kappa shape index (κ3) is 8.25. The van der Waals surface area contributed by atoms with E-state index in [1.165, 1.54) is 17.7 Å². The summed E-state index contributed by atoms with van der Waals surface area (Å²) in [6, 6.07) is 12.7. The maximum absolute atomic E-state index is 12.9. The first-order valence-corrected chi connectivity index (χ1v) is 11.7. The number of anilines is 1. The highest BCUT2D eigenvalue weighted by atomic mass is 19.4. The van der Waals surface area contributed by atoms with Gasteiger partial charge < -0.3 is 15.0 Å². The quantitative estimate of drug-likeness (QED) is 0.577. The molecule has 1 aliphatic rings. The molecule has 3 rings (SSSR count). The van der Waals surface area contributed by atoms with E-state index in [0.717, 1.165) is 31.8 Å². The van der Waals surface area contributed by atoms with Crippen molar-refractivity contribution < 1.29 is 27.5 Å². The molecule has 2 amide bonds. The third-order valence-corrected chi connectivity index (χ3v) is 5.90. The number of alkyl halides is 3. The molecule has 1 aliphatic heterocycles. The molecule has 0 spiro atoms. The van der Waals surface area contributed by atoms with Crippen molar-refractivity contribution in [2.75, 3.05) is 51.1 Å². The molecular weight excluding hydrogens is 461 g/mol. The van der Waals surface area contributed by atoms with Gasteiger partial charge in [0.2, 0.25) is 5.91 Å². The maximum atomic E-state index is 12.9. The third-order valence-electron chi connectivity index (χ3n) is 5.90. The van der Waals surface area contributed by atoms with Crippen molar-refractivity contribution in [1.82, 2.24) is 14.7 Å². The SMILES string of the molecule is CCN(CC)Cc1ccc(C(=O)N2CCN(CC(=O)Nc3ccc(OC(F)(F)F)cc3)CC2)cc1. The van der Waals surface area contributed by atoms with E-state index in [2.05, 4.69) is 28.8 Å². The van der Waals surface area contributed by atoms with Crippen molar-refractivity contribution in [1.29, 1.82) is 0 Å². The number of ether oxygens (including phenoxy) is 1. The van der Waals surface area contributed by atoms with Gasteiger partial charge in [0.15, 0.2) is 0 Å². The van der Waals surface area contributed by atoms with E-state index in [1.54, 1.807) is 4.90 Å². The van der Waals surface area contributed by atoms with Gasteiger partial charge in [-0.1, -0.05) is 26.0 Å². The van der Waals surface area contributed by atoms with Gasteiger partial charge >= 0.3 is 6.36 Å². The molecule has 0 saturated carbocycles. The standard InChI is InChI=1S/C25H31F3N4O3/c1-3-30(4-2)17-19-5-7-20(8-6-19)24(34)32-15-13-31(14-16-32)18-23(33)29-21-9-11-22(12-10-21)35-25(26,27)28/h5-12H,3-4,13-18H2,1-2H3,(H,29,33). The first-order valence-electron chi connectivity index (χ1n) is 11.7. The lowest BCUT2D eigenvalue weighted by atomic mass is 10.1. The highest BCUT2D eigenvalue weighted by molar-refractivity contribution is 5.94. The number of benzene rings is 2. The molecule has 1 N–H and O–H groups in total. The Kier molecular flexibility index (Phi) is 9.11. The largest absolute Gasteiger partial charge is 0.573 e. The Morgan fingerprint density at radius 2 is 1.54 bits per heavy atom. The smallest absolute Gasteiger partial charge is 0.406 e. The number of halogens is 3. The predicted molar refractivity (Wildman–Crippen MR) is 127 cm³/mol. The van der Waals surface area contributed by atoms with Crippen LogP contribution in [0.15, 0.2) is 48.5 Å². The zero-order valence-corrected chi connectivity index (χ0v) is 20.0. The average molecular weight is 493 g/mol. The van der Waals surface area contributed by atoms with Gasteiger partial charge in [-0.15, -0.1) is 13.2 Å². The Labute approximate surface area is 203 Å². The first-order chi connectivity index (χ1) is 16.7. The summed E-state index contributed by atoms with van der Waals surface area (Å²) in [6.45, 7) is 9.31. The number of carbonyl (C=O) groups is 2. The molecule has 190 valence electrons. The van der Waals surface area contributed by atoms with Crippen LogP contribution in [-0.2, 0) is 11.3 Å². The second-order valence-electron chi connectivity index (χ2n) is 8.35. The molecule has 1 heterocycles. The van der Waals surface area contributed by atoms with Gasteiger partial charge in [-0.2, -0.15) is 0 Å². The maximum Gasteiger partial charge on any atom is 0.573 e. The van der Waals surface area contributed by atoms with Crippen molar-refractivity contribution in [3.63, 3.8) is 0 Å². The minimum Gasteiger partial charge on any atom is -0.406 e. The van der Waals surface area contributed by atoms with Crippen molar-refractivity contribution in [3.8, 4) is 5.75 Å². The van der Waals surface area contributed by atoms with Crippen LogP contribution in [0.5, 0.6) is 5.75 Å². The van der Waals surface area contributed by atoms with Gasteiger partial charge in [-0.3, -0.25) is 19.4 Å². The number of piperazine rings is 1. The molecule has 0 atom stereocenters. The number of hydrogen-bond donors (Lipinski definition) is 1. The molecule has 0 aliphatic carbocycles. The van der Waals surface area contributed by atoms with E-state index in [9.17, 15) is 22.8 Å². The average Bonchev–Trinajstić information content (AvgIpc) is 2.83. The Morgan fingerprint density at radius 1 is 0.943 bits per heavy atom. The van der Waals surface area contributed by atoms with E-state index in [-0.39, 0.29) is 24.1 Å². The molecule has 10 heteroatoms. The fourth-order valence-electron chi connectivity index (χ4n) is 3.89. The fraction of sp³-hybridized carbons (Fsp3) is 0.440. The second-order valence-corrected chi connectivity index (χ2v) is 8.35. The lowest BCUT2D eigenvalue weighted by molar-refractivity contribution is -0.274. The van der Waals surface area contributed by atoms with Crippen LogP contribution >= 0.6 is 0 Å². The topological polar surface area (TPSA) is 65.1 Å². The van der Waals surface area contributed by atoms with Gasteiger partial charge in [0.1, 0.15) is 5.75 Å². The minimum absolute atomic E-state index is 0.0235. The van der Waals surface area contributed by atoms with Crippen molar-refractivity contribution in [2.45, 2.75) is 26.8 Å². The number of amides is 2. The molecule has 2 aromatic rings. The summed E-state index contributed by atoms with van der Waals surface area (Å²) in [5, 5.41) is 2.66. The molecular formula is C25H31F3N4O3. The molecule has 0 unspecified atom stereocenters. The second kappa shape index (κ2) is 12.0. The zero-order valence-electron chi connectivity index (χ0n) is 20.0. The van der Waals surface area contributed by atoms with E-state index >= 15 is 0 Å². The van der Waals surface area contributed by atoms with E-state index in [0.29, 0.717) is 37.4 Å². The molecule has 1 fully saturated rings. The van der Waals surface area contributed by atoms with Crippen molar-refractivity contribution in [2.24, 2.45) is 0 Å². The Balaban J connectivity index is 1.44. The summed E-state index contributed by atoms with van der Waals surface area (Å²) in [7, 11) is 0. The van der Waals surface area contributed by atoms with Gasteiger partial charge in [-0.25, -0.2) is 0 Å². The molecule has 0 bridgehead atoms. The lowest BCUT2D eigenvalue weighted by Crippen LogP contribution is -2.50. The van der Waals surface area contributed by atoms with Gasteiger partial charge in [0.25, 0.3) is 5.91 Å². The monoisotopic (exact) mass is 492 g/mol. The zero-order chi connectivity index (χ0) is 25.4. The summed E-state index contributed by atoms with van der Waals surface area (Å²) < 4.78 is 40.6. The highest BCUT2D eigenvalue weighted by Crippen LogP contribution is 2.24. The van der Waals surface area contributed by atoms with Crippen LogP contribution in [0.3, 0.4) is 0 Å². The summed E-state index contributed by atoms with van der Waals surface area (Å²) >= 11 is 0. The number of nitrogens with one attached hydrogen (secondary N) is 1. The minimum atomic E-state index is -4.76. The molecule has 1 saturated heterocycles. The van der Waals surface area contributed by atoms with Crippen LogP contribution in [0.1, 0.15) is 29.8 Å². The Hall–Kier alpha value is -3.11. The van der Waals surface area contributed by atoms with Gasteiger partial charge in [0, 0.05) is 44.0 Å². The van der Waals surface area contributed by atoms with Crippen molar-refractivity contribution >= 4 is 17.5 Å². The Bertz CT molecular complexity index is 969. The lowest BCUT2D eigenvalue weighted by Gasteiger charge is -2.34. The van der Waals surface area contributed by atoms with E-state index < -0.39 is 6.36 Å². The van der Waals surface area contributed by atoms with Crippen LogP contribution in [0.4, 0.5) is 18.9 Å². The molecule has 2 aromatic carbocycles. The summed E-state index contributed by atoms with van der Waals surface area (Å²) in [5.41, 5.74) is 2.20. The number of hydrogen-bond acceptors (Lipinski definition) is 5. The van der Waals surface area contributed by atoms with Gasteiger partial charge in [-0.05, 0) is 55.1 Å². The van der Waals surface area contributed by atoms with Crippen LogP contribution in [0.2, 0.25) is 0 Å². The molecule has 0 radical (unpaired) electrons. The van der Waals surface area contributed by atoms with Crippen molar-refractivity contribution in [3.05, 3.63) is 59.7 Å². The normalized spacial score (nSPS) is 14.7. The highest BCUT2D eigenvalue weighted by Gasteiger charge is 2.31. The predicted octanol–water partition coefficient (Wildman–Crippen LogP) is 3.82. The fourth-order valence-corrected chi connectivity index (χ4v) is 3.89. The molecule has 35 heavy (non-hydrogen) atoms. The van der Waals surface area contributed by atoms with Crippen LogP contribution in [0.25, 0.3) is 0 Å². The van der Waals surface area contributed by atoms with E-state index in [4.69, 9.17) is 0 Å². The molecule has 0 aromatic heterocycles. The first kappa shape index (κ1) is 26.5. The summed E-state index contributed by atoms with van der Waals surface area (Å²) in [4.78, 5) is 31.2. The van der Waals surface area contributed by atoms with Crippen LogP contribution in [-0.4, -0.2) is 78.7 Å². The van der Waals surface area contributed by atoms with Gasteiger partial charge in [0.05, 0.1) is 6.54 Å². The number of carbonyl (C=O) groups excluding carboxylic acids is 2.